The average molecular weight is 300 g/mol. The second-order valence-electron chi connectivity index (χ2n) is 4.62. The lowest BCUT2D eigenvalue weighted by Gasteiger charge is -2.14. The molecule has 1 amide bonds. The van der Waals surface area contributed by atoms with Crippen molar-refractivity contribution >= 4 is 23.2 Å². The van der Waals surface area contributed by atoms with Crippen molar-refractivity contribution < 1.29 is 14.5 Å². The molecule has 2 atom stereocenters. The average Bonchev–Trinajstić information content (AvgIpc) is 2.81. The molecule has 2 unspecified atom stereocenters. The van der Waals surface area contributed by atoms with E-state index in [-0.39, 0.29) is 28.4 Å². The highest BCUT2D eigenvalue weighted by Crippen LogP contribution is 2.22. The number of aromatic nitrogens is 1. The topological polar surface area (TPSA) is 94.4 Å². The van der Waals surface area contributed by atoms with E-state index in [0.29, 0.717) is 13.2 Å². The van der Waals surface area contributed by atoms with E-state index in [1.807, 2.05) is 6.92 Å². The van der Waals surface area contributed by atoms with Crippen molar-refractivity contribution in [1.82, 2.24) is 10.3 Å². The second kappa shape index (κ2) is 6.15. The quantitative estimate of drug-likeness (QED) is 0.519. The fourth-order valence-electron chi connectivity index (χ4n) is 2.11. The summed E-state index contributed by atoms with van der Waals surface area (Å²) >= 11 is 5.68. The number of rotatable bonds is 4. The van der Waals surface area contributed by atoms with E-state index in [4.69, 9.17) is 16.3 Å². The third-order valence-electron chi connectivity index (χ3n) is 3.35. The van der Waals surface area contributed by atoms with Crippen molar-refractivity contribution in [3.05, 3.63) is 33.1 Å². The minimum Gasteiger partial charge on any atom is -0.378 e. The van der Waals surface area contributed by atoms with Crippen LogP contribution in [0.3, 0.4) is 0 Å². The van der Waals surface area contributed by atoms with Gasteiger partial charge in [0.1, 0.15) is 16.9 Å². The summed E-state index contributed by atoms with van der Waals surface area (Å²) in [4.78, 5) is 25.9. The lowest BCUT2D eigenvalue weighted by Crippen LogP contribution is -2.32. The zero-order valence-corrected chi connectivity index (χ0v) is 11.6. The highest BCUT2D eigenvalue weighted by Gasteiger charge is 2.26. The van der Waals surface area contributed by atoms with Crippen LogP contribution >= 0.6 is 11.6 Å². The van der Waals surface area contributed by atoms with E-state index in [9.17, 15) is 14.9 Å². The van der Waals surface area contributed by atoms with Crippen molar-refractivity contribution in [3.8, 4) is 0 Å². The number of pyridine rings is 1. The van der Waals surface area contributed by atoms with Crippen LogP contribution in [0.25, 0.3) is 0 Å². The number of amides is 1. The fraction of sp³-hybridized carbons (Fsp3) is 0.500. The van der Waals surface area contributed by atoms with Gasteiger partial charge in [-0.05, 0) is 19.4 Å². The lowest BCUT2D eigenvalue weighted by atomic mass is 10.0. The van der Waals surface area contributed by atoms with Gasteiger partial charge in [0.25, 0.3) is 11.6 Å². The van der Waals surface area contributed by atoms with Crippen LogP contribution in [0.15, 0.2) is 12.3 Å². The van der Waals surface area contributed by atoms with Crippen LogP contribution in [0.5, 0.6) is 0 Å². The summed E-state index contributed by atoms with van der Waals surface area (Å²) < 4.78 is 5.39. The van der Waals surface area contributed by atoms with E-state index in [0.717, 1.165) is 12.6 Å². The monoisotopic (exact) mass is 299 g/mol. The van der Waals surface area contributed by atoms with Crippen LogP contribution in [0, 0.1) is 16.0 Å². The minimum atomic E-state index is -0.653. The summed E-state index contributed by atoms with van der Waals surface area (Å²) in [5.74, 6) is -0.310. The molecule has 1 aliphatic heterocycles. The maximum atomic E-state index is 12.0. The Balaban J connectivity index is 2.08. The van der Waals surface area contributed by atoms with Gasteiger partial charge in [0, 0.05) is 19.1 Å². The van der Waals surface area contributed by atoms with Crippen molar-refractivity contribution in [2.24, 2.45) is 5.92 Å². The molecule has 1 aromatic rings. The maximum absolute atomic E-state index is 12.0. The van der Waals surface area contributed by atoms with Crippen molar-refractivity contribution in [2.45, 2.75) is 19.4 Å². The Bertz CT molecular complexity index is 537. The smallest absolute Gasteiger partial charge is 0.300 e. The number of nitrogens with one attached hydrogen (secondary N) is 1. The molecule has 0 aromatic carbocycles. The Morgan fingerprint density at radius 1 is 1.70 bits per heavy atom. The van der Waals surface area contributed by atoms with Crippen LogP contribution in [0.1, 0.15) is 23.7 Å². The number of halogens is 1. The molecule has 8 heteroatoms. The van der Waals surface area contributed by atoms with Gasteiger partial charge in [0.15, 0.2) is 0 Å². The second-order valence-corrected chi connectivity index (χ2v) is 5.00. The molecule has 2 rings (SSSR count). The summed E-state index contributed by atoms with van der Waals surface area (Å²) in [5, 5.41) is 13.6. The Morgan fingerprint density at radius 3 is 3.05 bits per heavy atom. The molecular formula is C12H14ClN3O4. The first-order valence-electron chi connectivity index (χ1n) is 6.18. The highest BCUT2D eigenvalue weighted by atomic mass is 35.5. The van der Waals surface area contributed by atoms with Crippen LogP contribution in [-0.4, -0.2) is 35.1 Å². The largest absolute Gasteiger partial charge is 0.378 e. The van der Waals surface area contributed by atoms with Gasteiger partial charge in [0.2, 0.25) is 0 Å². The van der Waals surface area contributed by atoms with Crippen LogP contribution in [0.4, 0.5) is 5.69 Å². The van der Waals surface area contributed by atoms with Crippen LogP contribution in [-0.2, 0) is 4.74 Å². The SMILES string of the molecule is CC1OCCC1CNC(=O)c1cc(Cl)ncc1[N+](=O)[O-]. The predicted molar refractivity (Wildman–Crippen MR) is 71.8 cm³/mol. The van der Waals surface area contributed by atoms with E-state index in [1.165, 1.54) is 6.07 Å². The van der Waals surface area contributed by atoms with E-state index in [2.05, 4.69) is 10.3 Å². The molecule has 1 N–H and O–H groups in total. The summed E-state index contributed by atoms with van der Waals surface area (Å²) in [6.07, 6.45) is 1.92. The molecule has 1 aromatic heterocycles. The van der Waals surface area contributed by atoms with Crippen LogP contribution in [0.2, 0.25) is 5.15 Å². The molecule has 0 saturated carbocycles. The summed E-state index contributed by atoms with van der Waals surface area (Å²) in [6, 6.07) is 1.20. The van der Waals surface area contributed by atoms with E-state index in [1.54, 1.807) is 0 Å². The Kier molecular flexibility index (Phi) is 4.51. The Morgan fingerprint density at radius 2 is 2.45 bits per heavy atom. The molecule has 1 saturated heterocycles. The van der Waals surface area contributed by atoms with Crippen molar-refractivity contribution in [3.63, 3.8) is 0 Å². The van der Waals surface area contributed by atoms with Crippen molar-refractivity contribution in [2.75, 3.05) is 13.2 Å². The van der Waals surface area contributed by atoms with Crippen LogP contribution < -0.4 is 5.32 Å². The first-order chi connectivity index (χ1) is 9.49. The van der Waals surface area contributed by atoms with Gasteiger partial charge in [-0.3, -0.25) is 14.9 Å². The minimum absolute atomic E-state index is 0.0401. The fourth-order valence-corrected chi connectivity index (χ4v) is 2.27. The maximum Gasteiger partial charge on any atom is 0.300 e. The number of ether oxygens (including phenoxy) is 1. The number of nitro groups is 1. The molecule has 0 aliphatic carbocycles. The van der Waals surface area contributed by atoms with Gasteiger partial charge in [-0.25, -0.2) is 4.98 Å². The first kappa shape index (κ1) is 14.7. The first-order valence-corrected chi connectivity index (χ1v) is 6.56. The molecular weight excluding hydrogens is 286 g/mol. The highest BCUT2D eigenvalue weighted by molar-refractivity contribution is 6.29. The van der Waals surface area contributed by atoms with Gasteiger partial charge in [-0.1, -0.05) is 11.6 Å². The van der Waals surface area contributed by atoms with E-state index < -0.39 is 10.8 Å². The molecule has 1 aliphatic rings. The van der Waals surface area contributed by atoms with Gasteiger partial charge in [0.05, 0.1) is 11.0 Å². The van der Waals surface area contributed by atoms with E-state index >= 15 is 0 Å². The van der Waals surface area contributed by atoms with Gasteiger partial charge < -0.3 is 10.1 Å². The number of carbonyl (C=O) groups excluding carboxylic acids is 1. The number of hydrogen-bond donors (Lipinski definition) is 1. The molecule has 0 bridgehead atoms. The van der Waals surface area contributed by atoms with Gasteiger partial charge in [-0.2, -0.15) is 0 Å². The predicted octanol–water partition coefficient (Wildman–Crippen LogP) is 1.80. The summed E-state index contributed by atoms with van der Waals surface area (Å²) in [6.45, 7) is 3.02. The molecule has 2 heterocycles. The molecule has 1 fully saturated rings. The standard InChI is InChI=1S/C12H14ClN3O4/c1-7-8(2-3-20-7)5-15-12(17)9-4-11(13)14-6-10(9)16(18)19/h4,6-8H,2-3,5H2,1H3,(H,15,17). The number of carbonyl (C=O) groups is 1. The molecule has 7 nitrogen and oxygen atoms in total. The molecule has 20 heavy (non-hydrogen) atoms. The summed E-state index contributed by atoms with van der Waals surface area (Å²) in [5.41, 5.74) is -0.441. The molecule has 0 spiro atoms. The Hall–Kier alpha value is -1.73. The van der Waals surface area contributed by atoms with Gasteiger partial charge in [-0.15, -0.1) is 0 Å². The normalized spacial score (nSPS) is 21.7. The third kappa shape index (κ3) is 3.23. The molecule has 0 radical (unpaired) electrons. The zero-order chi connectivity index (χ0) is 14.7. The number of hydrogen-bond acceptors (Lipinski definition) is 5. The summed E-state index contributed by atoms with van der Waals surface area (Å²) in [7, 11) is 0. The number of nitrogens with zero attached hydrogens (tertiary/aromatic N) is 2. The van der Waals surface area contributed by atoms with Crippen molar-refractivity contribution in [1.29, 1.82) is 0 Å². The van der Waals surface area contributed by atoms with Gasteiger partial charge >= 0.3 is 0 Å². The Labute approximate surface area is 120 Å². The third-order valence-corrected chi connectivity index (χ3v) is 3.56. The molecule has 108 valence electrons. The lowest BCUT2D eigenvalue weighted by molar-refractivity contribution is -0.385. The zero-order valence-electron chi connectivity index (χ0n) is 10.8.